The lowest BCUT2D eigenvalue weighted by Gasteiger charge is -2.13. The van der Waals surface area contributed by atoms with Gasteiger partial charge in [-0.2, -0.15) is 0 Å². The van der Waals surface area contributed by atoms with Gasteiger partial charge >= 0.3 is 0 Å². The highest BCUT2D eigenvalue weighted by Gasteiger charge is 2.12. The number of benzene rings is 2. The zero-order valence-electron chi connectivity index (χ0n) is 10.1. The number of hydrogen-bond donors (Lipinski definition) is 0. The Bertz CT molecular complexity index is 408. The Morgan fingerprint density at radius 1 is 0.611 bits per heavy atom. The van der Waals surface area contributed by atoms with Gasteiger partial charge in [0.2, 0.25) is 0 Å². The monoisotopic (exact) mass is 278 g/mol. The largest absolute Gasteiger partial charge is 0.118 e. The highest BCUT2D eigenvalue weighted by molar-refractivity contribution is 6.21. The summed E-state index contributed by atoms with van der Waals surface area (Å²) in [6.07, 6.45) is 1.77. The Morgan fingerprint density at radius 3 is 1.28 bits per heavy atom. The third-order valence-corrected chi connectivity index (χ3v) is 3.94. The van der Waals surface area contributed by atoms with Crippen LogP contribution in [0.3, 0.4) is 0 Å². The van der Waals surface area contributed by atoms with Crippen LogP contribution >= 0.6 is 23.2 Å². The molecule has 0 radical (unpaired) electrons. The molecule has 2 heteroatoms. The zero-order chi connectivity index (χ0) is 12.8. The van der Waals surface area contributed by atoms with Gasteiger partial charge in [-0.25, -0.2) is 0 Å². The average Bonchev–Trinajstić information content (AvgIpc) is 2.46. The van der Waals surface area contributed by atoms with Crippen LogP contribution in [-0.2, 0) is 0 Å². The standard InChI is InChI=1S/C16H16Cl2/c17-15(13-7-3-1-4-8-13)11-12-16(18)14-9-5-2-6-10-14/h1-10,15-16H,11-12H2/t15-,16-/m0/s1. The molecule has 0 aromatic heterocycles. The van der Waals surface area contributed by atoms with Gasteiger partial charge in [0.1, 0.15) is 0 Å². The number of halogens is 2. The van der Waals surface area contributed by atoms with Crippen molar-refractivity contribution in [1.29, 1.82) is 0 Å². The molecule has 0 amide bonds. The summed E-state index contributed by atoms with van der Waals surface area (Å²) in [5.41, 5.74) is 2.33. The van der Waals surface area contributed by atoms with Gasteiger partial charge in [0.25, 0.3) is 0 Å². The van der Waals surface area contributed by atoms with Crippen molar-refractivity contribution in [1.82, 2.24) is 0 Å². The summed E-state index contributed by atoms with van der Waals surface area (Å²) in [5.74, 6) is 0. The summed E-state index contributed by atoms with van der Waals surface area (Å²) in [5, 5.41) is 0.0762. The van der Waals surface area contributed by atoms with Crippen molar-refractivity contribution in [2.75, 3.05) is 0 Å². The van der Waals surface area contributed by atoms with E-state index in [-0.39, 0.29) is 10.8 Å². The summed E-state index contributed by atoms with van der Waals surface area (Å²) in [6.45, 7) is 0. The van der Waals surface area contributed by atoms with Crippen LogP contribution in [0.15, 0.2) is 60.7 Å². The van der Waals surface area contributed by atoms with Gasteiger partial charge in [-0.05, 0) is 24.0 Å². The van der Waals surface area contributed by atoms with Gasteiger partial charge < -0.3 is 0 Å². The van der Waals surface area contributed by atoms with E-state index in [4.69, 9.17) is 23.2 Å². The molecule has 0 unspecified atom stereocenters. The predicted molar refractivity (Wildman–Crippen MR) is 79.3 cm³/mol. The van der Waals surface area contributed by atoms with E-state index in [0.29, 0.717) is 0 Å². The fourth-order valence-electron chi connectivity index (χ4n) is 1.95. The first-order valence-corrected chi connectivity index (χ1v) is 7.02. The van der Waals surface area contributed by atoms with Crippen LogP contribution in [0.1, 0.15) is 34.7 Å². The molecular formula is C16H16Cl2. The van der Waals surface area contributed by atoms with Crippen LogP contribution < -0.4 is 0 Å². The zero-order valence-corrected chi connectivity index (χ0v) is 11.6. The van der Waals surface area contributed by atoms with Gasteiger partial charge in [0.15, 0.2) is 0 Å². The third-order valence-electron chi connectivity index (χ3n) is 3.00. The van der Waals surface area contributed by atoms with Gasteiger partial charge in [-0.1, -0.05) is 60.7 Å². The van der Waals surface area contributed by atoms with Crippen LogP contribution in [0.5, 0.6) is 0 Å². The lowest BCUT2D eigenvalue weighted by molar-refractivity contribution is 0.700. The third kappa shape index (κ3) is 3.76. The molecule has 0 aliphatic heterocycles. The van der Waals surface area contributed by atoms with Gasteiger partial charge in [0.05, 0.1) is 10.8 Å². The molecule has 0 bridgehead atoms. The summed E-state index contributed by atoms with van der Waals surface area (Å²) >= 11 is 12.8. The van der Waals surface area contributed by atoms with Crippen molar-refractivity contribution in [2.45, 2.75) is 23.6 Å². The maximum absolute atomic E-state index is 6.38. The van der Waals surface area contributed by atoms with Crippen molar-refractivity contribution < 1.29 is 0 Å². The summed E-state index contributed by atoms with van der Waals surface area (Å²) < 4.78 is 0. The van der Waals surface area contributed by atoms with E-state index in [9.17, 15) is 0 Å². The molecule has 2 aromatic carbocycles. The second-order valence-electron chi connectivity index (χ2n) is 4.33. The highest BCUT2D eigenvalue weighted by Crippen LogP contribution is 2.32. The number of hydrogen-bond acceptors (Lipinski definition) is 0. The molecule has 0 saturated carbocycles. The first-order chi connectivity index (χ1) is 8.77. The van der Waals surface area contributed by atoms with E-state index in [1.807, 2.05) is 36.4 Å². The van der Waals surface area contributed by atoms with E-state index in [0.717, 1.165) is 24.0 Å². The van der Waals surface area contributed by atoms with Crippen LogP contribution in [0.4, 0.5) is 0 Å². The van der Waals surface area contributed by atoms with E-state index >= 15 is 0 Å². The van der Waals surface area contributed by atoms with Crippen molar-refractivity contribution in [3.05, 3.63) is 71.8 Å². The van der Waals surface area contributed by atoms with E-state index < -0.39 is 0 Å². The van der Waals surface area contributed by atoms with Gasteiger partial charge in [0, 0.05) is 0 Å². The molecule has 2 rings (SSSR count). The Hall–Kier alpha value is -0.980. The number of rotatable bonds is 5. The van der Waals surface area contributed by atoms with Crippen LogP contribution in [-0.4, -0.2) is 0 Å². The van der Waals surface area contributed by atoms with Crippen LogP contribution in [0.25, 0.3) is 0 Å². The lowest BCUT2D eigenvalue weighted by Crippen LogP contribution is -1.95. The van der Waals surface area contributed by atoms with Crippen LogP contribution in [0.2, 0.25) is 0 Å². The number of alkyl halides is 2. The maximum atomic E-state index is 6.38. The van der Waals surface area contributed by atoms with E-state index in [1.54, 1.807) is 0 Å². The molecule has 18 heavy (non-hydrogen) atoms. The molecule has 0 aliphatic carbocycles. The van der Waals surface area contributed by atoms with Crippen LogP contribution in [0, 0.1) is 0 Å². The first-order valence-electron chi connectivity index (χ1n) is 6.15. The fourth-order valence-corrected chi connectivity index (χ4v) is 2.49. The molecule has 0 aliphatic rings. The Balaban J connectivity index is 1.89. The summed E-state index contributed by atoms with van der Waals surface area (Å²) in [7, 11) is 0. The lowest BCUT2D eigenvalue weighted by atomic mass is 10.0. The SMILES string of the molecule is Cl[C@@H](CC[C@H](Cl)c1ccccc1)c1ccccc1. The topological polar surface area (TPSA) is 0 Å². The minimum Gasteiger partial charge on any atom is -0.118 e. The first kappa shape index (κ1) is 13.5. The van der Waals surface area contributed by atoms with Crippen molar-refractivity contribution in [2.24, 2.45) is 0 Å². The molecule has 0 fully saturated rings. The molecule has 2 atom stereocenters. The average molecular weight is 279 g/mol. The molecule has 0 saturated heterocycles. The second-order valence-corrected chi connectivity index (χ2v) is 5.39. The quantitative estimate of drug-likeness (QED) is 0.613. The molecule has 0 heterocycles. The molecule has 0 N–H and O–H groups in total. The van der Waals surface area contributed by atoms with E-state index in [2.05, 4.69) is 24.3 Å². The Labute approximate surface area is 119 Å². The van der Waals surface area contributed by atoms with Crippen molar-refractivity contribution >= 4 is 23.2 Å². The highest BCUT2D eigenvalue weighted by atomic mass is 35.5. The Morgan fingerprint density at radius 2 is 0.944 bits per heavy atom. The normalized spacial score (nSPS) is 14.1. The van der Waals surface area contributed by atoms with Gasteiger partial charge in [-0.15, -0.1) is 23.2 Å². The molecule has 94 valence electrons. The summed E-state index contributed by atoms with van der Waals surface area (Å²) in [6, 6.07) is 20.3. The summed E-state index contributed by atoms with van der Waals surface area (Å²) in [4.78, 5) is 0. The molecular weight excluding hydrogens is 263 g/mol. The minimum absolute atomic E-state index is 0.0381. The smallest absolute Gasteiger partial charge is 0.0585 e. The molecule has 0 spiro atoms. The van der Waals surface area contributed by atoms with Gasteiger partial charge in [-0.3, -0.25) is 0 Å². The maximum Gasteiger partial charge on any atom is 0.0585 e. The van der Waals surface area contributed by atoms with Crippen molar-refractivity contribution in [3.63, 3.8) is 0 Å². The molecule has 0 nitrogen and oxygen atoms in total. The van der Waals surface area contributed by atoms with Crippen molar-refractivity contribution in [3.8, 4) is 0 Å². The Kier molecular flexibility index (Phi) is 5.10. The fraction of sp³-hybridized carbons (Fsp3) is 0.250. The van der Waals surface area contributed by atoms with E-state index in [1.165, 1.54) is 0 Å². The molecule has 2 aromatic rings. The second kappa shape index (κ2) is 6.82. The predicted octanol–water partition coefficient (Wildman–Crippen LogP) is 5.73. The minimum atomic E-state index is 0.0381.